The number of carbonyl (C=O) groups is 2. The van der Waals surface area contributed by atoms with Crippen molar-refractivity contribution >= 4 is 33.5 Å². The molecular weight excluding hydrogens is 320 g/mol. The average Bonchev–Trinajstić information content (AvgIpc) is 2.34. The van der Waals surface area contributed by atoms with Crippen molar-refractivity contribution in [2.24, 2.45) is 0 Å². The maximum Gasteiger partial charge on any atom is 0.303 e. The number of hydrogen-bond donors (Lipinski definition) is 2. The second-order valence-electron chi connectivity index (χ2n) is 3.68. The van der Waals surface area contributed by atoms with E-state index in [1.807, 2.05) is 0 Å². The molecule has 2 N–H and O–H groups in total. The van der Waals surface area contributed by atoms with E-state index in [9.17, 15) is 19.7 Å². The van der Waals surface area contributed by atoms with Crippen LogP contribution in [-0.4, -0.2) is 28.5 Å². The summed E-state index contributed by atoms with van der Waals surface area (Å²) in [5, 5.41) is 21.6. The number of aliphatic carboxylic acids is 1. The number of benzene rings is 1. The molecule has 0 aliphatic carbocycles. The number of carboxylic acids is 1. The zero-order valence-corrected chi connectivity index (χ0v) is 11.3. The summed E-state index contributed by atoms with van der Waals surface area (Å²) in [5.41, 5.74) is -0.0385. The molecule has 0 bridgehead atoms. The molecule has 0 aliphatic rings. The highest BCUT2D eigenvalue weighted by Crippen LogP contribution is 2.25. The van der Waals surface area contributed by atoms with Crippen molar-refractivity contribution < 1.29 is 19.6 Å². The number of amides is 1. The summed E-state index contributed by atoms with van der Waals surface area (Å²) in [6.45, 7) is 0.203. The minimum atomic E-state index is -0.937. The summed E-state index contributed by atoms with van der Waals surface area (Å²) >= 11 is 3.02. The molecule has 0 atom stereocenters. The molecule has 0 aliphatic heterocycles. The Hall–Kier alpha value is -1.96. The second-order valence-corrected chi connectivity index (χ2v) is 4.53. The number of halogens is 1. The molecule has 0 heterocycles. The summed E-state index contributed by atoms with van der Waals surface area (Å²) in [7, 11) is 0. The predicted octanol–water partition coefficient (Wildman–Crippen LogP) is 1.95. The number of nitro groups is 1. The van der Waals surface area contributed by atoms with Crippen LogP contribution in [0.2, 0.25) is 0 Å². The van der Waals surface area contributed by atoms with Gasteiger partial charge in [0, 0.05) is 24.6 Å². The summed E-state index contributed by atoms with van der Waals surface area (Å²) < 4.78 is 0.292. The van der Waals surface area contributed by atoms with Gasteiger partial charge in [0.15, 0.2) is 0 Å². The highest BCUT2D eigenvalue weighted by atomic mass is 79.9. The Morgan fingerprint density at radius 1 is 1.42 bits per heavy atom. The first kappa shape index (κ1) is 15.1. The van der Waals surface area contributed by atoms with E-state index in [0.29, 0.717) is 10.9 Å². The van der Waals surface area contributed by atoms with Gasteiger partial charge in [-0.25, -0.2) is 0 Å². The zero-order chi connectivity index (χ0) is 14.4. The van der Waals surface area contributed by atoms with Crippen molar-refractivity contribution in [1.29, 1.82) is 0 Å². The highest BCUT2D eigenvalue weighted by molar-refractivity contribution is 9.10. The second kappa shape index (κ2) is 6.83. The molecule has 1 aromatic rings. The molecule has 7 nitrogen and oxygen atoms in total. The van der Waals surface area contributed by atoms with Crippen LogP contribution >= 0.6 is 15.9 Å². The lowest BCUT2D eigenvalue weighted by atomic mass is 10.2. The standard InChI is InChI=1S/C11H11BrN2O5/c12-8-4-3-7(6-9(8)14(18)19)11(17)13-5-1-2-10(15)16/h3-4,6H,1-2,5H2,(H,13,17)(H,15,16). The van der Waals surface area contributed by atoms with Crippen LogP contribution in [0, 0.1) is 10.1 Å². The van der Waals surface area contributed by atoms with Crippen LogP contribution in [-0.2, 0) is 4.79 Å². The fourth-order valence-electron chi connectivity index (χ4n) is 1.34. The minimum Gasteiger partial charge on any atom is -0.481 e. The third kappa shape index (κ3) is 4.66. The van der Waals surface area contributed by atoms with E-state index in [-0.39, 0.29) is 24.2 Å². The van der Waals surface area contributed by atoms with Gasteiger partial charge >= 0.3 is 5.97 Å². The first-order valence-corrected chi connectivity index (χ1v) is 6.15. The molecule has 0 radical (unpaired) electrons. The van der Waals surface area contributed by atoms with Crippen LogP contribution in [0.5, 0.6) is 0 Å². The first-order valence-electron chi connectivity index (χ1n) is 5.35. The molecule has 0 saturated heterocycles. The fraction of sp³-hybridized carbons (Fsp3) is 0.273. The molecule has 1 amide bonds. The minimum absolute atomic E-state index is 0.0409. The van der Waals surface area contributed by atoms with E-state index >= 15 is 0 Å². The summed E-state index contributed by atoms with van der Waals surface area (Å²) in [5.74, 6) is -1.41. The molecule has 0 aromatic heterocycles. The van der Waals surface area contributed by atoms with Crippen molar-refractivity contribution in [3.8, 4) is 0 Å². The Labute approximate surface area is 116 Å². The Morgan fingerprint density at radius 2 is 2.11 bits per heavy atom. The average molecular weight is 331 g/mol. The van der Waals surface area contributed by atoms with Gasteiger partial charge in [0.1, 0.15) is 0 Å². The normalized spacial score (nSPS) is 9.95. The smallest absolute Gasteiger partial charge is 0.303 e. The van der Waals surface area contributed by atoms with E-state index in [4.69, 9.17) is 5.11 Å². The van der Waals surface area contributed by atoms with Crippen molar-refractivity contribution in [3.63, 3.8) is 0 Å². The summed E-state index contributed by atoms with van der Waals surface area (Å²) in [6, 6.07) is 4.03. The monoisotopic (exact) mass is 330 g/mol. The molecule has 1 aromatic carbocycles. The number of nitrogens with one attached hydrogen (secondary N) is 1. The molecule has 102 valence electrons. The highest BCUT2D eigenvalue weighted by Gasteiger charge is 2.15. The lowest BCUT2D eigenvalue weighted by molar-refractivity contribution is -0.385. The number of carboxylic acid groups (broad SMARTS) is 1. The molecule has 19 heavy (non-hydrogen) atoms. The van der Waals surface area contributed by atoms with Crippen LogP contribution in [0.4, 0.5) is 5.69 Å². The van der Waals surface area contributed by atoms with Crippen LogP contribution in [0.1, 0.15) is 23.2 Å². The largest absolute Gasteiger partial charge is 0.481 e. The summed E-state index contributed by atoms with van der Waals surface area (Å²) in [4.78, 5) is 32.1. The third-order valence-electron chi connectivity index (χ3n) is 2.26. The van der Waals surface area contributed by atoms with Gasteiger partial charge in [0.05, 0.1) is 9.40 Å². The fourth-order valence-corrected chi connectivity index (χ4v) is 1.73. The van der Waals surface area contributed by atoms with E-state index < -0.39 is 16.8 Å². The van der Waals surface area contributed by atoms with E-state index in [2.05, 4.69) is 21.2 Å². The quantitative estimate of drug-likeness (QED) is 0.470. The molecule has 0 unspecified atom stereocenters. The van der Waals surface area contributed by atoms with Gasteiger partial charge < -0.3 is 10.4 Å². The maximum absolute atomic E-state index is 11.7. The van der Waals surface area contributed by atoms with E-state index in [1.165, 1.54) is 12.1 Å². The first-order chi connectivity index (χ1) is 8.91. The SMILES string of the molecule is O=C(O)CCCNC(=O)c1ccc(Br)c([N+](=O)[O-])c1. The number of carbonyl (C=O) groups excluding carboxylic acids is 1. The van der Waals surface area contributed by atoms with Gasteiger partial charge in [-0.1, -0.05) is 0 Å². The zero-order valence-electron chi connectivity index (χ0n) is 9.76. The number of nitro benzene ring substituents is 1. The predicted molar refractivity (Wildman–Crippen MR) is 70.0 cm³/mol. The van der Waals surface area contributed by atoms with Gasteiger partial charge in [-0.2, -0.15) is 0 Å². The van der Waals surface area contributed by atoms with Gasteiger partial charge in [0.25, 0.3) is 11.6 Å². The Morgan fingerprint density at radius 3 is 2.68 bits per heavy atom. The van der Waals surface area contributed by atoms with E-state index in [1.54, 1.807) is 0 Å². The lowest BCUT2D eigenvalue weighted by Crippen LogP contribution is -2.24. The van der Waals surface area contributed by atoms with Crippen molar-refractivity contribution in [3.05, 3.63) is 38.3 Å². The lowest BCUT2D eigenvalue weighted by Gasteiger charge is -2.04. The van der Waals surface area contributed by atoms with Gasteiger partial charge in [0.2, 0.25) is 0 Å². The van der Waals surface area contributed by atoms with E-state index in [0.717, 1.165) is 6.07 Å². The van der Waals surface area contributed by atoms with Crippen LogP contribution < -0.4 is 5.32 Å². The molecule has 0 saturated carbocycles. The molecule has 0 fully saturated rings. The van der Waals surface area contributed by atoms with Crippen LogP contribution in [0.25, 0.3) is 0 Å². The topological polar surface area (TPSA) is 110 Å². The molecule has 1 rings (SSSR count). The number of rotatable bonds is 6. The molecule has 8 heteroatoms. The van der Waals surface area contributed by atoms with Gasteiger partial charge in [-0.3, -0.25) is 19.7 Å². The third-order valence-corrected chi connectivity index (χ3v) is 2.93. The number of hydrogen-bond acceptors (Lipinski definition) is 4. The Kier molecular flexibility index (Phi) is 5.43. The Bertz CT molecular complexity index is 518. The van der Waals surface area contributed by atoms with Crippen molar-refractivity contribution in [2.75, 3.05) is 6.54 Å². The van der Waals surface area contributed by atoms with Gasteiger partial charge in [-0.15, -0.1) is 0 Å². The Balaban J connectivity index is 2.65. The maximum atomic E-state index is 11.7. The van der Waals surface area contributed by atoms with Crippen molar-refractivity contribution in [2.45, 2.75) is 12.8 Å². The van der Waals surface area contributed by atoms with Crippen LogP contribution in [0.15, 0.2) is 22.7 Å². The number of nitrogens with zero attached hydrogens (tertiary/aromatic N) is 1. The van der Waals surface area contributed by atoms with Crippen LogP contribution in [0.3, 0.4) is 0 Å². The molecule has 0 spiro atoms. The summed E-state index contributed by atoms with van der Waals surface area (Å²) in [6.07, 6.45) is 0.264. The van der Waals surface area contributed by atoms with Crippen molar-refractivity contribution in [1.82, 2.24) is 5.32 Å². The van der Waals surface area contributed by atoms with Gasteiger partial charge in [-0.05, 0) is 34.5 Å². The molecular formula is C11H11BrN2O5.